The van der Waals surface area contributed by atoms with Crippen LogP contribution in [0.3, 0.4) is 0 Å². The second kappa shape index (κ2) is 7.68. The highest BCUT2D eigenvalue weighted by atomic mass is 32.2. The van der Waals surface area contributed by atoms with Crippen molar-refractivity contribution in [2.24, 2.45) is 0 Å². The number of H-pyrrole nitrogens is 1. The molecule has 0 radical (unpaired) electrons. The predicted octanol–water partition coefficient (Wildman–Crippen LogP) is 2.45. The van der Waals surface area contributed by atoms with E-state index in [1.807, 2.05) is 26.0 Å². The topological polar surface area (TPSA) is 122 Å². The molecule has 3 heterocycles. The van der Waals surface area contributed by atoms with E-state index < -0.39 is 15.9 Å². The maximum atomic E-state index is 12.1. The maximum Gasteiger partial charge on any atom is 0.407 e. The van der Waals surface area contributed by atoms with Gasteiger partial charge in [-0.2, -0.15) is 5.10 Å². The highest BCUT2D eigenvalue weighted by Crippen LogP contribution is 2.34. The highest BCUT2D eigenvalue weighted by molar-refractivity contribution is 7.91. The second-order valence-electron chi connectivity index (χ2n) is 7.57. The molecule has 2 atom stereocenters. The molecule has 1 aromatic carbocycles. The Morgan fingerprint density at radius 3 is 3.00 bits per heavy atom. The first kappa shape index (κ1) is 19.7. The largest absolute Gasteiger partial charge is 0.444 e. The summed E-state index contributed by atoms with van der Waals surface area (Å²) < 4.78 is 35.3. The first-order chi connectivity index (χ1) is 13.8. The molecule has 29 heavy (non-hydrogen) atoms. The number of fused-ring (bicyclic) bond motifs is 1. The Bertz CT molecular complexity index is 1020. The second-order valence-corrected chi connectivity index (χ2v) is 9.65. The van der Waals surface area contributed by atoms with Crippen LogP contribution in [0.4, 0.5) is 16.3 Å². The monoisotopic (exact) mass is 420 g/mol. The van der Waals surface area contributed by atoms with E-state index in [1.165, 1.54) is 0 Å². The van der Waals surface area contributed by atoms with Gasteiger partial charge < -0.3 is 20.1 Å². The van der Waals surface area contributed by atoms with Crippen LogP contribution in [0.5, 0.6) is 0 Å². The summed E-state index contributed by atoms with van der Waals surface area (Å²) in [6, 6.07) is 7.04. The molecule has 1 saturated heterocycles. The van der Waals surface area contributed by atoms with Crippen molar-refractivity contribution in [3.05, 3.63) is 35.5 Å². The van der Waals surface area contributed by atoms with Crippen LogP contribution in [0.1, 0.15) is 37.6 Å². The number of amides is 1. The average molecular weight is 420 g/mol. The summed E-state index contributed by atoms with van der Waals surface area (Å²) in [4.78, 5) is 12.1. The zero-order valence-corrected chi connectivity index (χ0v) is 17.1. The lowest BCUT2D eigenvalue weighted by Gasteiger charge is -2.13. The summed E-state index contributed by atoms with van der Waals surface area (Å²) in [5, 5.41) is 13.1. The van der Waals surface area contributed by atoms with Crippen LogP contribution >= 0.6 is 0 Å². The van der Waals surface area contributed by atoms with Crippen LogP contribution in [0, 0.1) is 0 Å². The fourth-order valence-corrected chi connectivity index (χ4v) is 5.17. The number of carbonyl (C=O) groups is 1. The van der Waals surface area contributed by atoms with Gasteiger partial charge in [0.05, 0.1) is 22.9 Å². The average Bonchev–Trinajstić information content (AvgIpc) is 3.35. The van der Waals surface area contributed by atoms with Crippen LogP contribution in [-0.2, 0) is 25.7 Å². The Labute approximate surface area is 169 Å². The molecule has 2 aliphatic heterocycles. The maximum absolute atomic E-state index is 12.1. The number of sulfone groups is 1. The summed E-state index contributed by atoms with van der Waals surface area (Å²) >= 11 is 0. The van der Waals surface area contributed by atoms with Crippen LogP contribution in [0.25, 0.3) is 0 Å². The number of nitrogens with one attached hydrogen (secondary N) is 3. The molecule has 1 amide bonds. The molecule has 10 heteroatoms. The van der Waals surface area contributed by atoms with Crippen LogP contribution in [0.2, 0.25) is 0 Å². The number of aromatic amines is 1. The number of alkyl carbamates (subject to hydrolysis) is 1. The van der Waals surface area contributed by atoms with Gasteiger partial charge in [0, 0.05) is 24.2 Å². The first-order valence-electron chi connectivity index (χ1n) is 9.57. The molecular formula is C19H24N4O5S. The lowest BCUT2D eigenvalue weighted by Crippen LogP contribution is -2.33. The normalized spacial score (nSPS) is 22.4. The Morgan fingerprint density at radius 2 is 2.21 bits per heavy atom. The van der Waals surface area contributed by atoms with Gasteiger partial charge in [0.25, 0.3) is 0 Å². The number of anilines is 2. The van der Waals surface area contributed by atoms with E-state index in [1.54, 1.807) is 12.1 Å². The molecule has 0 aliphatic carbocycles. The fourth-order valence-electron chi connectivity index (χ4n) is 3.60. The van der Waals surface area contributed by atoms with Gasteiger partial charge >= 0.3 is 6.09 Å². The summed E-state index contributed by atoms with van der Waals surface area (Å²) in [6.07, 6.45) is -0.0000913. The third-order valence-electron chi connectivity index (χ3n) is 4.94. The van der Waals surface area contributed by atoms with Crippen molar-refractivity contribution >= 4 is 27.4 Å². The Kier molecular flexibility index (Phi) is 5.22. The Balaban J connectivity index is 1.40. The lowest BCUT2D eigenvalue weighted by atomic mass is 10.1. The number of ether oxygens (including phenoxy) is 2. The number of nitrogens with zero attached hydrogens (tertiary/aromatic N) is 1. The first-order valence-corrected chi connectivity index (χ1v) is 11.2. The third kappa shape index (κ3) is 4.23. The smallest absolute Gasteiger partial charge is 0.407 e. The molecule has 2 aliphatic rings. The zero-order valence-electron chi connectivity index (χ0n) is 16.3. The number of aromatic nitrogens is 2. The van der Waals surface area contributed by atoms with Gasteiger partial charge in [0.15, 0.2) is 15.7 Å². The molecule has 0 bridgehead atoms. The Hall–Kier alpha value is -2.59. The van der Waals surface area contributed by atoms with Crippen LogP contribution < -0.4 is 10.6 Å². The minimum Gasteiger partial charge on any atom is -0.444 e. The fraction of sp³-hybridized carbons (Fsp3) is 0.474. The van der Waals surface area contributed by atoms with Crippen molar-refractivity contribution in [1.29, 1.82) is 0 Å². The molecule has 0 spiro atoms. The summed E-state index contributed by atoms with van der Waals surface area (Å²) in [6.45, 7) is 4.06. The summed E-state index contributed by atoms with van der Waals surface area (Å²) in [5.41, 5.74) is 2.29. The van der Waals surface area contributed by atoms with Gasteiger partial charge in [0.1, 0.15) is 12.2 Å². The van der Waals surface area contributed by atoms with E-state index in [2.05, 4.69) is 20.8 Å². The van der Waals surface area contributed by atoms with Crippen molar-refractivity contribution in [1.82, 2.24) is 15.5 Å². The molecule has 156 valence electrons. The highest BCUT2D eigenvalue weighted by Gasteiger charge is 2.31. The van der Waals surface area contributed by atoms with Gasteiger partial charge in [0.2, 0.25) is 0 Å². The van der Waals surface area contributed by atoms with E-state index in [0.717, 1.165) is 16.9 Å². The van der Waals surface area contributed by atoms with Crippen molar-refractivity contribution in [2.45, 2.75) is 49.8 Å². The molecule has 1 aromatic heterocycles. The molecular weight excluding hydrogens is 396 g/mol. The molecule has 1 fully saturated rings. The number of rotatable bonds is 5. The minimum atomic E-state index is -3.19. The van der Waals surface area contributed by atoms with Crippen molar-refractivity contribution in [3.8, 4) is 0 Å². The van der Waals surface area contributed by atoms with Crippen molar-refractivity contribution in [3.63, 3.8) is 0 Å². The van der Waals surface area contributed by atoms with Crippen LogP contribution in [-0.4, -0.2) is 49.2 Å². The van der Waals surface area contributed by atoms with E-state index in [4.69, 9.17) is 9.47 Å². The van der Waals surface area contributed by atoms with Gasteiger partial charge in [-0.05, 0) is 38.0 Å². The van der Waals surface area contributed by atoms with E-state index in [-0.39, 0.29) is 24.0 Å². The van der Waals surface area contributed by atoms with Crippen molar-refractivity contribution in [2.75, 3.05) is 17.7 Å². The Morgan fingerprint density at radius 1 is 1.38 bits per heavy atom. The third-order valence-corrected chi connectivity index (χ3v) is 6.73. The quantitative estimate of drug-likeness (QED) is 0.679. The number of carbonyl (C=O) groups excluding carboxylic acids is 1. The number of benzene rings is 1. The molecule has 9 nitrogen and oxygen atoms in total. The SMILES string of the molecule is CC(C)NC(=O)OC1COC(c2cc(Nc3cccc4c3CCS4(=O)=O)n[nH]2)C1. The molecule has 0 saturated carbocycles. The molecule has 2 aromatic rings. The zero-order chi connectivity index (χ0) is 20.6. The summed E-state index contributed by atoms with van der Waals surface area (Å²) in [5.74, 6) is 0.706. The van der Waals surface area contributed by atoms with E-state index in [9.17, 15) is 13.2 Å². The van der Waals surface area contributed by atoms with E-state index >= 15 is 0 Å². The van der Waals surface area contributed by atoms with Gasteiger partial charge in [-0.1, -0.05) is 6.07 Å². The van der Waals surface area contributed by atoms with Gasteiger partial charge in [-0.3, -0.25) is 5.10 Å². The standard InChI is InChI=1S/C19H24N4O5S/c1-11(2)20-19(24)28-12-8-16(27-10-12)15-9-18(23-22-15)21-14-4-3-5-17-13(14)6-7-29(17,25)26/h3-5,9,11-12,16H,6-8,10H2,1-2H3,(H,20,24)(H2,21,22,23). The molecule has 2 unspecified atom stereocenters. The van der Waals surface area contributed by atoms with Crippen LogP contribution in [0.15, 0.2) is 29.2 Å². The van der Waals surface area contributed by atoms with Crippen molar-refractivity contribution < 1.29 is 22.7 Å². The number of hydrogen-bond acceptors (Lipinski definition) is 7. The minimum absolute atomic E-state index is 0.0104. The number of hydrogen-bond donors (Lipinski definition) is 3. The predicted molar refractivity (Wildman–Crippen MR) is 106 cm³/mol. The lowest BCUT2D eigenvalue weighted by molar-refractivity contribution is 0.0682. The van der Waals surface area contributed by atoms with Gasteiger partial charge in [-0.15, -0.1) is 0 Å². The molecule has 3 N–H and O–H groups in total. The van der Waals surface area contributed by atoms with E-state index in [0.29, 0.717) is 30.2 Å². The van der Waals surface area contributed by atoms with Gasteiger partial charge in [-0.25, -0.2) is 13.2 Å². The summed E-state index contributed by atoms with van der Waals surface area (Å²) in [7, 11) is -3.19. The molecule has 4 rings (SSSR count).